The van der Waals surface area contributed by atoms with Crippen LogP contribution in [-0.4, -0.2) is 20.8 Å². The molecular formula is C16H18BrNO2S. The monoisotopic (exact) mass is 367 g/mol. The van der Waals surface area contributed by atoms with Crippen molar-refractivity contribution < 1.29 is 9.47 Å². The van der Waals surface area contributed by atoms with Gasteiger partial charge in [-0.2, -0.15) is 0 Å². The van der Waals surface area contributed by atoms with Gasteiger partial charge < -0.3 is 14.8 Å². The van der Waals surface area contributed by atoms with Gasteiger partial charge in [-0.05, 0) is 64.6 Å². The second kappa shape index (κ2) is 6.38. The molecule has 1 aliphatic rings. The van der Waals surface area contributed by atoms with Gasteiger partial charge >= 0.3 is 0 Å². The van der Waals surface area contributed by atoms with E-state index in [-0.39, 0.29) is 0 Å². The summed E-state index contributed by atoms with van der Waals surface area (Å²) in [5.74, 6) is 1.57. The molecule has 1 aromatic carbocycles. The van der Waals surface area contributed by atoms with Gasteiger partial charge in [0.05, 0.1) is 18.0 Å². The Bertz CT molecular complexity index is 641. The second-order valence-electron chi connectivity index (χ2n) is 5.09. The third kappa shape index (κ3) is 3.10. The van der Waals surface area contributed by atoms with Crippen LogP contribution < -0.4 is 14.8 Å². The molecule has 0 aliphatic carbocycles. The maximum atomic E-state index is 5.39. The predicted octanol–water partition coefficient (Wildman–Crippen LogP) is 3.96. The van der Waals surface area contributed by atoms with Crippen molar-refractivity contribution in [2.75, 3.05) is 20.8 Å². The largest absolute Gasteiger partial charge is 0.493 e. The number of halogens is 1. The third-order valence-corrected chi connectivity index (χ3v) is 5.60. The van der Waals surface area contributed by atoms with Gasteiger partial charge in [-0.15, -0.1) is 11.3 Å². The lowest BCUT2D eigenvalue weighted by Gasteiger charge is -2.24. The number of nitrogens with one attached hydrogen (secondary N) is 1. The number of benzene rings is 1. The number of hydrogen-bond acceptors (Lipinski definition) is 4. The molecule has 3 nitrogen and oxygen atoms in total. The molecule has 0 bridgehead atoms. The van der Waals surface area contributed by atoms with E-state index in [1.54, 1.807) is 14.2 Å². The summed E-state index contributed by atoms with van der Waals surface area (Å²) in [4.78, 5) is 1.45. The zero-order chi connectivity index (χ0) is 14.8. The fraction of sp³-hybridized carbons (Fsp3) is 0.375. The van der Waals surface area contributed by atoms with Crippen LogP contribution in [0.1, 0.15) is 22.0 Å². The molecule has 2 aromatic rings. The van der Waals surface area contributed by atoms with Gasteiger partial charge in [0.25, 0.3) is 0 Å². The Morgan fingerprint density at radius 3 is 2.81 bits per heavy atom. The summed E-state index contributed by atoms with van der Waals surface area (Å²) >= 11 is 5.43. The van der Waals surface area contributed by atoms with Crippen LogP contribution in [0, 0.1) is 0 Å². The molecule has 3 rings (SSSR count). The number of methoxy groups -OCH3 is 2. The SMILES string of the molecule is COc1ccc(CC2NCCc3cc(Br)sc32)cc1OC. The van der Waals surface area contributed by atoms with Crippen LogP contribution >= 0.6 is 27.3 Å². The zero-order valence-electron chi connectivity index (χ0n) is 12.1. The van der Waals surface area contributed by atoms with E-state index < -0.39 is 0 Å². The summed E-state index contributed by atoms with van der Waals surface area (Å²) in [6, 6.07) is 8.78. The second-order valence-corrected chi connectivity index (χ2v) is 7.55. The summed E-state index contributed by atoms with van der Waals surface area (Å²) in [5, 5.41) is 3.62. The van der Waals surface area contributed by atoms with Crippen LogP contribution in [0.25, 0.3) is 0 Å². The van der Waals surface area contributed by atoms with Gasteiger partial charge in [0.2, 0.25) is 0 Å². The smallest absolute Gasteiger partial charge is 0.160 e. The molecule has 0 spiro atoms. The Kier molecular flexibility index (Phi) is 4.52. The van der Waals surface area contributed by atoms with Crippen molar-refractivity contribution in [2.45, 2.75) is 18.9 Å². The molecule has 1 aromatic heterocycles. The minimum Gasteiger partial charge on any atom is -0.493 e. The molecule has 0 radical (unpaired) electrons. The van der Waals surface area contributed by atoms with Gasteiger partial charge in [-0.3, -0.25) is 0 Å². The molecule has 21 heavy (non-hydrogen) atoms. The topological polar surface area (TPSA) is 30.5 Å². The van der Waals surface area contributed by atoms with E-state index in [1.165, 1.54) is 19.8 Å². The highest BCUT2D eigenvalue weighted by Crippen LogP contribution is 2.37. The van der Waals surface area contributed by atoms with Crippen molar-refractivity contribution in [3.63, 3.8) is 0 Å². The molecule has 112 valence electrons. The van der Waals surface area contributed by atoms with Crippen LogP contribution in [0.4, 0.5) is 0 Å². The van der Waals surface area contributed by atoms with Gasteiger partial charge in [0.1, 0.15) is 0 Å². The summed E-state index contributed by atoms with van der Waals surface area (Å²) in [7, 11) is 3.34. The lowest BCUT2D eigenvalue weighted by molar-refractivity contribution is 0.354. The summed E-state index contributed by atoms with van der Waals surface area (Å²) in [5.41, 5.74) is 2.72. The van der Waals surface area contributed by atoms with Crippen molar-refractivity contribution in [2.24, 2.45) is 0 Å². The molecule has 0 saturated carbocycles. The van der Waals surface area contributed by atoms with Crippen molar-refractivity contribution >= 4 is 27.3 Å². The minimum atomic E-state index is 0.378. The molecule has 0 amide bonds. The van der Waals surface area contributed by atoms with Crippen molar-refractivity contribution in [3.8, 4) is 11.5 Å². The summed E-state index contributed by atoms with van der Waals surface area (Å²) < 4.78 is 11.9. The Morgan fingerprint density at radius 2 is 2.05 bits per heavy atom. The molecule has 0 fully saturated rings. The molecule has 1 atom stereocenters. The first-order chi connectivity index (χ1) is 10.2. The summed E-state index contributed by atoms with van der Waals surface area (Å²) in [6.07, 6.45) is 2.07. The van der Waals surface area contributed by atoms with Crippen LogP contribution in [0.2, 0.25) is 0 Å². The van der Waals surface area contributed by atoms with E-state index in [1.807, 2.05) is 17.4 Å². The highest BCUT2D eigenvalue weighted by Gasteiger charge is 2.23. The van der Waals surface area contributed by atoms with Gasteiger partial charge in [-0.1, -0.05) is 6.07 Å². The summed E-state index contributed by atoms with van der Waals surface area (Å²) in [6.45, 7) is 1.04. The van der Waals surface area contributed by atoms with Gasteiger partial charge in [0, 0.05) is 10.9 Å². The maximum Gasteiger partial charge on any atom is 0.160 e. The highest BCUT2D eigenvalue weighted by molar-refractivity contribution is 9.11. The molecule has 1 unspecified atom stereocenters. The van der Waals surface area contributed by atoms with Crippen molar-refractivity contribution in [1.29, 1.82) is 0 Å². The predicted molar refractivity (Wildman–Crippen MR) is 89.7 cm³/mol. The fourth-order valence-electron chi connectivity index (χ4n) is 2.78. The van der Waals surface area contributed by atoms with Crippen LogP contribution in [0.3, 0.4) is 0 Å². The lowest BCUT2D eigenvalue weighted by Crippen LogP contribution is -2.29. The van der Waals surface area contributed by atoms with Crippen LogP contribution in [0.15, 0.2) is 28.1 Å². The van der Waals surface area contributed by atoms with E-state index in [0.29, 0.717) is 6.04 Å². The van der Waals surface area contributed by atoms with Crippen molar-refractivity contribution in [3.05, 3.63) is 44.1 Å². The number of hydrogen-bond donors (Lipinski definition) is 1. The normalized spacial score (nSPS) is 17.4. The van der Waals surface area contributed by atoms with E-state index >= 15 is 0 Å². The number of thiophene rings is 1. The fourth-order valence-corrected chi connectivity index (χ4v) is 4.59. The minimum absolute atomic E-state index is 0.378. The van der Waals surface area contributed by atoms with Gasteiger partial charge in [0.15, 0.2) is 11.5 Å². The molecular weight excluding hydrogens is 350 g/mol. The first kappa shape index (κ1) is 14.9. The van der Waals surface area contributed by atoms with Crippen molar-refractivity contribution in [1.82, 2.24) is 5.32 Å². The zero-order valence-corrected chi connectivity index (χ0v) is 14.5. The average molecular weight is 368 g/mol. The lowest BCUT2D eigenvalue weighted by atomic mass is 9.97. The average Bonchev–Trinajstić information content (AvgIpc) is 2.88. The van der Waals surface area contributed by atoms with E-state index in [9.17, 15) is 0 Å². The van der Waals surface area contributed by atoms with E-state index in [0.717, 1.165) is 30.9 Å². The first-order valence-electron chi connectivity index (χ1n) is 6.93. The molecule has 2 heterocycles. The van der Waals surface area contributed by atoms with E-state index in [4.69, 9.17) is 9.47 Å². The number of rotatable bonds is 4. The maximum absolute atomic E-state index is 5.39. The van der Waals surface area contributed by atoms with Gasteiger partial charge in [-0.25, -0.2) is 0 Å². The van der Waals surface area contributed by atoms with E-state index in [2.05, 4.69) is 39.4 Å². The molecule has 1 N–H and O–H groups in total. The highest BCUT2D eigenvalue weighted by atomic mass is 79.9. The van der Waals surface area contributed by atoms with Crippen LogP contribution in [-0.2, 0) is 12.8 Å². The Morgan fingerprint density at radius 1 is 1.24 bits per heavy atom. The standard InChI is InChI=1S/C16H18BrNO2S/c1-19-13-4-3-10(8-14(13)20-2)7-12-16-11(5-6-18-12)9-15(17)21-16/h3-4,8-9,12,18H,5-7H2,1-2H3. The Balaban J connectivity index is 1.84. The number of fused-ring (bicyclic) bond motifs is 1. The Hall–Kier alpha value is -1.04. The molecule has 0 saturated heterocycles. The van der Waals surface area contributed by atoms with Crippen LogP contribution in [0.5, 0.6) is 11.5 Å². The molecule has 1 aliphatic heterocycles. The molecule has 5 heteroatoms. The first-order valence-corrected chi connectivity index (χ1v) is 8.54. The Labute approximate surface area is 137 Å². The number of ether oxygens (including phenoxy) is 2. The third-order valence-electron chi connectivity index (χ3n) is 3.80. The quantitative estimate of drug-likeness (QED) is 0.886.